The van der Waals surface area contributed by atoms with Crippen molar-refractivity contribution in [2.24, 2.45) is 5.92 Å². The number of hydrogen-bond acceptors (Lipinski definition) is 2. The summed E-state index contributed by atoms with van der Waals surface area (Å²) in [4.78, 5) is 11.7. The molecule has 0 radical (unpaired) electrons. The van der Waals surface area contributed by atoms with Crippen LogP contribution in [0.25, 0.3) is 0 Å². The van der Waals surface area contributed by atoms with E-state index in [1.165, 1.54) is 38.5 Å². The molecule has 0 unspecified atom stereocenters. The molecule has 2 N–H and O–H groups in total. The summed E-state index contributed by atoms with van der Waals surface area (Å²) in [5.74, 6) is 1.15. The molecule has 0 aromatic heterocycles. The fourth-order valence-corrected chi connectivity index (χ4v) is 2.73. The molecule has 1 aliphatic rings. The molecule has 0 heterocycles. The molecule has 0 saturated heterocycles. The fourth-order valence-electron chi connectivity index (χ4n) is 2.73. The van der Waals surface area contributed by atoms with Gasteiger partial charge in [-0.3, -0.25) is 4.79 Å². The molecule has 1 saturated carbocycles. The first-order valence-corrected chi connectivity index (χ1v) is 7.20. The largest absolute Gasteiger partial charge is 0.353 e. The lowest BCUT2D eigenvalue weighted by Gasteiger charge is -2.29. The van der Waals surface area contributed by atoms with E-state index in [1.807, 2.05) is 7.05 Å². The van der Waals surface area contributed by atoms with Crippen molar-refractivity contribution in [2.45, 2.75) is 64.3 Å². The average Bonchev–Trinajstić information content (AvgIpc) is 2.32. The van der Waals surface area contributed by atoms with Gasteiger partial charge in [0.2, 0.25) is 5.91 Å². The highest BCUT2D eigenvalue weighted by Gasteiger charge is 2.21. The Bertz CT molecular complexity index is 216. The quantitative estimate of drug-likeness (QED) is 0.702. The second-order valence-corrected chi connectivity index (χ2v) is 5.28. The Labute approximate surface area is 118 Å². The van der Waals surface area contributed by atoms with Gasteiger partial charge < -0.3 is 10.6 Å². The molecule has 0 aromatic rings. The van der Waals surface area contributed by atoms with Gasteiger partial charge >= 0.3 is 0 Å². The Hall–Kier alpha value is -0.280. The molecular weight excluding hydrogens is 248 g/mol. The zero-order valence-corrected chi connectivity index (χ0v) is 12.7. The molecule has 4 heteroatoms. The van der Waals surface area contributed by atoms with Crippen molar-refractivity contribution in [3.8, 4) is 0 Å². The molecule has 0 spiro atoms. The van der Waals surface area contributed by atoms with Crippen LogP contribution >= 0.6 is 12.4 Å². The first-order chi connectivity index (χ1) is 8.26. The Kier molecular flexibility index (Phi) is 10.5. The number of halogens is 1. The van der Waals surface area contributed by atoms with E-state index < -0.39 is 0 Å². The number of amides is 1. The van der Waals surface area contributed by atoms with Crippen LogP contribution < -0.4 is 10.6 Å². The maximum absolute atomic E-state index is 11.7. The van der Waals surface area contributed by atoms with Gasteiger partial charge in [-0.2, -0.15) is 0 Å². The average molecular weight is 277 g/mol. The first-order valence-electron chi connectivity index (χ1n) is 7.20. The SMILES string of the molecule is CCCC1CCC(NC(=O)CCCNC)CC1.Cl. The molecule has 1 fully saturated rings. The van der Waals surface area contributed by atoms with E-state index in [4.69, 9.17) is 0 Å². The van der Waals surface area contributed by atoms with Crippen molar-refractivity contribution in [1.82, 2.24) is 10.6 Å². The third-order valence-electron chi connectivity index (χ3n) is 3.74. The number of carbonyl (C=O) groups is 1. The highest BCUT2D eigenvalue weighted by atomic mass is 35.5. The summed E-state index contributed by atoms with van der Waals surface area (Å²) >= 11 is 0. The topological polar surface area (TPSA) is 41.1 Å². The molecule has 0 aromatic carbocycles. The first kappa shape index (κ1) is 17.7. The lowest BCUT2D eigenvalue weighted by atomic mass is 9.83. The van der Waals surface area contributed by atoms with Gasteiger partial charge in [-0.25, -0.2) is 0 Å². The molecule has 1 rings (SSSR count). The van der Waals surface area contributed by atoms with Gasteiger partial charge in [0.05, 0.1) is 0 Å². The smallest absolute Gasteiger partial charge is 0.220 e. The molecule has 3 nitrogen and oxygen atoms in total. The number of hydrogen-bond donors (Lipinski definition) is 2. The zero-order chi connectivity index (χ0) is 12.5. The van der Waals surface area contributed by atoms with Crippen LogP contribution in [0.5, 0.6) is 0 Å². The molecule has 108 valence electrons. The Morgan fingerprint density at radius 2 is 1.89 bits per heavy atom. The monoisotopic (exact) mass is 276 g/mol. The van der Waals surface area contributed by atoms with Gasteiger partial charge in [-0.05, 0) is 51.6 Å². The molecule has 18 heavy (non-hydrogen) atoms. The lowest BCUT2D eigenvalue weighted by Crippen LogP contribution is -2.37. The van der Waals surface area contributed by atoms with Gasteiger partial charge in [0, 0.05) is 12.5 Å². The second kappa shape index (κ2) is 10.6. The molecule has 1 aliphatic carbocycles. The summed E-state index contributed by atoms with van der Waals surface area (Å²) in [6, 6.07) is 0.449. The number of rotatable bonds is 7. The van der Waals surface area contributed by atoms with Crippen LogP contribution in [0.2, 0.25) is 0 Å². The summed E-state index contributed by atoms with van der Waals surface area (Å²) < 4.78 is 0. The Morgan fingerprint density at radius 3 is 2.44 bits per heavy atom. The lowest BCUT2D eigenvalue weighted by molar-refractivity contribution is -0.122. The van der Waals surface area contributed by atoms with Crippen LogP contribution in [0.3, 0.4) is 0 Å². The van der Waals surface area contributed by atoms with Gasteiger partial charge in [0.1, 0.15) is 0 Å². The highest BCUT2D eigenvalue weighted by Crippen LogP contribution is 2.27. The maximum atomic E-state index is 11.7. The summed E-state index contributed by atoms with van der Waals surface area (Å²) in [5, 5.41) is 6.24. The van der Waals surface area contributed by atoms with Crippen LogP contribution in [0.4, 0.5) is 0 Å². The molecule has 0 aliphatic heterocycles. The third-order valence-corrected chi connectivity index (χ3v) is 3.74. The Morgan fingerprint density at radius 1 is 1.22 bits per heavy atom. The van der Waals surface area contributed by atoms with Crippen LogP contribution in [-0.4, -0.2) is 25.5 Å². The highest BCUT2D eigenvalue weighted by molar-refractivity contribution is 5.85. The molecular formula is C14H29ClN2O. The van der Waals surface area contributed by atoms with Gasteiger partial charge in [0.15, 0.2) is 0 Å². The van der Waals surface area contributed by atoms with Crippen molar-refractivity contribution in [3.63, 3.8) is 0 Å². The second-order valence-electron chi connectivity index (χ2n) is 5.28. The van der Waals surface area contributed by atoms with Crippen molar-refractivity contribution in [1.29, 1.82) is 0 Å². The van der Waals surface area contributed by atoms with E-state index in [-0.39, 0.29) is 18.3 Å². The van der Waals surface area contributed by atoms with Crippen molar-refractivity contribution in [2.75, 3.05) is 13.6 Å². The van der Waals surface area contributed by atoms with Crippen molar-refractivity contribution < 1.29 is 4.79 Å². The maximum Gasteiger partial charge on any atom is 0.220 e. The minimum atomic E-state index is 0. The van der Waals surface area contributed by atoms with E-state index in [0.717, 1.165) is 18.9 Å². The number of nitrogens with one attached hydrogen (secondary N) is 2. The standard InChI is InChI=1S/C14H28N2O.ClH/c1-3-5-12-7-9-13(10-8-12)16-14(17)6-4-11-15-2;/h12-13,15H,3-11H2,1-2H3,(H,16,17);1H. The van der Waals surface area contributed by atoms with E-state index in [1.54, 1.807) is 0 Å². The molecule has 0 bridgehead atoms. The van der Waals surface area contributed by atoms with Crippen molar-refractivity contribution >= 4 is 18.3 Å². The Balaban J connectivity index is 0.00000289. The summed E-state index contributed by atoms with van der Waals surface area (Å²) in [6.45, 7) is 3.19. The molecule has 1 amide bonds. The van der Waals surface area contributed by atoms with E-state index in [2.05, 4.69) is 17.6 Å². The predicted octanol–water partition coefficient (Wildman–Crippen LogP) is 2.88. The predicted molar refractivity (Wildman–Crippen MR) is 79.2 cm³/mol. The normalized spacial score (nSPS) is 23.2. The van der Waals surface area contributed by atoms with Crippen LogP contribution in [-0.2, 0) is 4.79 Å². The van der Waals surface area contributed by atoms with E-state index in [0.29, 0.717) is 12.5 Å². The summed E-state index contributed by atoms with van der Waals surface area (Å²) in [5.41, 5.74) is 0. The van der Waals surface area contributed by atoms with E-state index >= 15 is 0 Å². The minimum absolute atomic E-state index is 0. The third kappa shape index (κ3) is 7.22. The molecule has 0 atom stereocenters. The van der Waals surface area contributed by atoms with Gasteiger partial charge in [-0.1, -0.05) is 19.8 Å². The van der Waals surface area contributed by atoms with Gasteiger partial charge in [0.25, 0.3) is 0 Å². The minimum Gasteiger partial charge on any atom is -0.353 e. The van der Waals surface area contributed by atoms with Crippen LogP contribution in [0.15, 0.2) is 0 Å². The zero-order valence-electron chi connectivity index (χ0n) is 11.8. The van der Waals surface area contributed by atoms with Gasteiger partial charge in [-0.15, -0.1) is 12.4 Å². The van der Waals surface area contributed by atoms with Crippen LogP contribution in [0.1, 0.15) is 58.3 Å². The fraction of sp³-hybridized carbons (Fsp3) is 0.929. The summed E-state index contributed by atoms with van der Waals surface area (Å²) in [7, 11) is 1.92. The van der Waals surface area contributed by atoms with Crippen LogP contribution in [0, 0.1) is 5.92 Å². The summed E-state index contributed by atoms with van der Waals surface area (Å²) in [6.07, 6.45) is 9.23. The number of carbonyl (C=O) groups excluding carboxylic acids is 1. The van der Waals surface area contributed by atoms with E-state index in [9.17, 15) is 4.79 Å². The van der Waals surface area contributed by atoms with Crippen molar-refractivity contribution in [3.05, 3.63) is 0 Å².